The van der Waals surface area contributed by atoms with Gasteiger partial charge in [-0.3, -0.25) is 4.79 Å². The summed E-state index contributed by atoms with van der Waals surface area (Å²) in [6.07, 6.45) is 3.57. The lowest BCUT2D eigenvalue weighted by Crippen LogP contribution is -2.37. The molecule has 0 saturated carbocycles. The predicted molar refractivity (Wildman–Crippen MR) is 156 cm³/mol. The average Bonchev–Trinajstić information content (AvgIpc) is 3.78. The van der Waals surface area contributed by atoms with E-state index in [4.69, 9.17) is 23.7 Å². The molecule has 42 heavy (non-hydrogen) atoms. The quantitative estimate of drug-likeness (QED) is 0.367. The third-order valence-corrected chi connectivity index (χ3v) is 9.21. The molecule has 0 bridgehead atoms. The van der Waals surface area contributed by atoms with Crippen LogP contribution in [0.2, 0.25) is 0 Å². The molecule has 2 saturated heterocycles. The number of cyclic esters (lactones) is 1. The second-order valence-corrected chi connectivity index (χ2v) is 11.5. The molecule has 9 heteroatoms. The van der Waals surface area contributed by atoms with E-state index in [0.717, 1.165) is 35.3 Å². The Kier molecular flexibility index (Phi) is 6.98. The van der Waals surface area contributed by atoms with Crippen molar-refractivity contribution in [2.24, 2.45) is 11.8 Å². The zero-order valence-corrected chi connectivity index (χ0v) is 23.9. The Hall–Kier alpha value is -4.11. The summed E-state index contributed by atoms with van der Waals surface area (Å²) in [7, 11) is 2.99. The molecule has 3 aromatic carbocycles. The van der Waals surface area contributed by atoms with Crippen LogP contribution in [0.1, 0.15) is 47.1 Å². The molecular weight excluding hydrogens is 536 g/mol. The molecule has 3 aliphatic heterocycles. The number of nitrogens with zero attached hydrogens (tertiary/aromatic N) is 1. The number of phenols is 1. The number of esters is 1. The van der Waals surface area contributed by atoms with Gasteiger partial charge in [0.1, 0.15) is 0 Å². The number of hydrogen-bond acceptors (Lipinski definition) is 9. The van der Waals surface area contributed by atoms with Gasteiger partial charge in [0.25, 0.3) is 0 Å². The van der Waals surface area contributed by atoms with E-state index in [1.165, 1.54) is 45.7 Å². The average molecular weight is 573 g/mol. The molecule has 0 radical (unpaired) electrons. The van der Waals surface area contributed by atoms with E-state index < -0.39 is 5.92 Å². The van der Waals surface area contributed by atoms with Crippen LogP contribution in [0.25, 0.3) is 0 Å². The van der Waals surface area contributed by atoms with E-state index in [1.54, 1.807) is 12.1 Å². The minimum absolute atomic E-state index is 0.0832. The van der Waals surface area contributed by atoms with E-state index in [-0.39, 0.29) is 47.9 Å². The van der Waals surface area contributed by atoms with Gasteiger partial charge < -0.3 is 39.0 Å². The summed E-state index contributed by atoms with van der Waals surface area (Å²) in [6, 6.07) is 15.9. The van der Waals surface area contributed by atoms with Gasteiger partial charge in [-0.2, -0.15) is 0 Å². The fourth-order valence-corrected chi connectivity index (χ4v) is 7.13. The second kappa shape index (κ2) is 10.9. The molecule has 2 N–H and O–H groups in total. The number of ether oxygens (including phenoxy) is 5. The Morgan fingerprint density at radius 1 is 0.952 bits per heavy atom. The van der Waals surface area contributed by atoms with Crippen molar-refractivity contribution in [3.63, 3.8) is 0 Å². The number of fused-ring (bicyclic) bond motifs is 3. The number of phenolic OH excluding ortho intramolecular Hbond substituents is 1. The fourth-order valence-electron chi connectivity index (χ4n) is 7.13. The minimum atomic E-state index is -0.465. The van der Waals surface area contributed by atoms with E-state index >= 15 is 0 Å². The summed E-state index contributed by atoms with van der Waals surface area (Å²) >= 11 is 0. The van der Waals surface area contributed by atoms with Crippen molar-refractivity contribution in [2.45, 2.75) is 31.2 Å². The fraction of sp³-hybridized carbons (Fsp3) is 0.424. The van der Waals surface area contributed by atoms with Crippen LogP contribution in [0.5, 0.6) is 28.7 Å². The van der Waals surface area contributed by atoms with Gasteiger partial charge in [-0.25, -0.2) is 0 Å². The van der Waals surface area contributed by atoms with Crippen LogP contribution < -0.4 is 24.3 Å². The number of benzene rings is 3. The van der Waals surface area contributed by atoms with Crippen LogP contribution in [0.3, 0.4) is 0 Å². The highest BCUT2D eigenvalue weighted by atomic mass is 16.7. The van der Waals surface area contributed by atoms with Gasteiger partial charge in [0, 0.05) is 24.1 Å². The SMILES string of the molecule is COc1cc([C@@H]2c3cc4c(cc3[C@@H](Nc3cccc(CCN5CCCC5)c3)[C@H]3COC(=O)[C@H]23)OCO4)cc(OC)c1O. The highest BCUT2D eigenvalue weighted by molar-refractivity contribution is 5.79. The smallest absolute Gasteiger partial charge is 0.310 e. The molecule has 1 aliphatic carbocycles. The molecule has 2 fully saturated rings. The largest absolute Gasteiger partial charge is 0.502 e. The summed E-state index contributed by atoms with van der Waals surface area (Å²) in [5.74, 6) is 0.573. The Balaban J connectivity index is 1.29. The van der Waals surface area contributed by atoms with Gasteiger partial charge in [0.15, 0.2) is 23.0 Å². The number of hydrogen-bond donors (Lipinski definition) is 2. The molecular formula is C33H36N2O7. The van der Waals surface area contributed by atoms with Crippen LogP contribution in [-0.2, 0) is 16.0 Å². The Labute approximate surface area is 245 Å². The summed E-state index contributed by atoms with van der Waals surface area (Å²) in [6.45, 7) is 3.88. The standard InChI is InChI=1S/C33H36N2O7/c1-38-27-13-20(14-28(39-2)32(27)36)29-22-15-25-26(42-18-41-25)16-23(22)31(24-17-40-33(37)30(24)29)34-21-7-5-6-19(12-21)8-11-35-9-3-4-10-35/h5-7,12-16,24,29-31,34,36H,3-4,8-11,17-18H2,1-2H3/t24-,29+,30-,31+/m0/s1. The van der Waals surface area contributed by atoms with E-state index in [2.05, 4.69) is 34.5 Å². The topological polar surface area (TPSA) is 98.7 Å². The van der Waals surface area contributed by atoms with Crippen molar-refractivity contribution in [1.29, 1.82) is 0 Å². The maximum atomic E-state index is 13.5. The molecule has 0 aromatic heterocycles. The molecule has 0 unspecified atom stereocenters. The number of rotatable bonds is 8. The Morgan fingerprint density at radius 3 is 2.38 bits per heavy atom. The highest BCUT2D eigenvalue weighted by Gasteiger charge is 2.52. The van der Waals surface area contributed by atoms with Gasteiger partial charge >= 0.3 is 5.97 Å². The number of aromatic hydroxyl groups is 1. The van der Waals surface area contributed by atoms with Crippen molar-refractivity contribution in [1.82, 2.24) is 4.90 Å². The van der Waals surface area contributed by atoms with Crippen molar-refractivity contribution < 1.29 is 33.6 Å². The number of nitrogens with one attached hydrogen (secondary N) is 1. The third kappa shape index (κ3) is 4.65. The first-order valence-electron chi connectivity index (χ1n) is 14.7. The molecule has 9 nitrogen and oxygen atoms in total. The van der Waals surface area contributed by atoms with Crippen molar-refractivity contribution in [3.8, 4) is 28.7 Å². The van der Waals surface area contributed by atoms with E-state index in [9.17, 15) is 9.90 Å². The predicted octanol–water partition coefficient (Wildman–Crippen LogP) is 4.86. The molecule has 3 aromatic rings. The molecule has 4 aliphatic rings. The zero-order valence-electron chi connectivity index (χ0n) is 23.9. The van der Waals surface area contributed by atoms with Crippen LogP contribution >= 0.6 is 0 Å². The summed E-state index contributed by atoms with van der Waals surface area (Å²) in [4.78, 5) is 16.0. The first-order chi connectivity index (χ1) is 20.5. The van der Waals surface area contributed by atoms with Crippen molar-refractivity contribution >= 4 is 11.7 Å². The number of carbonyl (C=O) groups excluding carboxylic acids is 1. The lowest BCUT2D eigenvalue weighted by molar-refractivity contribution is -0.141. The molecule has 3 heterocycles. The van der Waals surface area contributed by atoms with Crippen LogP contribution in [-0.4, -0.2) is 63.2 Å². The number of anilines is 1. The summed E-state index contributed by atoms with van der Waals surface area (Å²) in [5, 5.41) is 14.4. The monoisotopic (exact) mass is 572 g/mol. The number of methoxy groups -OCH3 is 2. The highest BCUT2D eigenvalue weighted by Crippen LogP contribution is 2.56. The van der Waals surface area contributed by atoms with E-state index in [1.807, 2.05) is 12.1 Å². The summed E-state index contributed by atoms with van der Waals surface area (Å²) < 4.78 is 28.3. The second-order valence-electron chi connectivity index (χ2n) is 11.5. The first-order valence-corrected chi connectivity index (χ1v) is 14.7. The Bertz CT molecular complexity index is 1480. The molecule has 7 rings (SSSR count). The van der Waals surface area contributed by atoms with Crippen LogP contribution in [0.15, 0.2) is 48.5 Å². The summed E-state index contributed by atoms with van der Waals surface area (Å²) in [5.41, 5.74) is 5.05. The normalized spacial score (nSPS) is 24.2. The minimum Gasteiger partial charge on any atom is -0.502 e. The molecule has 0 spiro atoms. The van der Waals surface area contributed by atoms with Crippen LogP contribution in [0, 0.1) is 11.8 Å². The van der Waals surface area contributed by atoms with E-state index in [0.29, 0.717) is 18.1 Å². The van der Waals surface area contributed by atoms with Gasteiger partial charge in [-0.1, -0.05) is 12.1 Å². The Morgan fingerprint density at radius 2 is 1.67 bits per heavy atom. The maximum absolute atomic E-state index is 13.5. The lowest BCUT2D eigenvalue weighted by atomic mass is 9.65. The van der Waals surface area contributed by atoms with Crippen LogP contribution in [0.4, 0.5) is 5.69 Å². The lowest BCUT2D eigenvalue weighted by Gasteiger charge is -2.40. The molecule has 4 atom stereocenters. The van der Waals surface area contributed by atoms with Gasteiger partial charge in [-0.05, 0) is 91.0 Å². The zero-order chi connectivity index (χ0) is 28.8. The maximum Gasteiger partial charge on any atom is 0.310 e. The number of likely N-dealkylation sites (tertiary alicyclic amines) is 1. The van der Waals surface area contributed by atoms with Crippen molar-refractivity contribution in [2.75, 3.05) is 52.6 Å². The molecule has 220 valence electrons. The van der Waals surface area contributed by atoms with Gasteiger partial charge in [0.2, 0.25) is 12.5 Å². The van der Waals surface area contributed by atoms with Gasteiger partial charge in [0.05, 0.1) is 32.8 Å². The first kappa shape index (κ1) is 26.8. The number of carbonyl (C=O) groups is 1. The third-order valence-electron chi connectivity index (χ3n) is 9.21. The molecule has 0 amide bonds. The van der Waals surface area contributed by atoms with Crippen molar-refractivity contribution in [3.05, 3.63) is 70.8 Å². The van der Waals surface area contributed by atoms with Gasteiger partial charge in [-0.15, -0.1) is 0 Å².